The fraction of sp³-hybridized carbons (Fsp3) is 0.588. The van der Waals surface area contributed by atoms with Gasteiger partial charge in [-0.05, 0) is 69.5 Å². The van der Waals surface area contributed by atoms with Crippen LogP contribution >= 0.6 is 0 Å². The Morgan fingerprint density at radius 2 is 1.95 bits per heavy atom. The summed E-state index contributed by atoms with van der Waals surface area (Å²) >= 11 is 0. The van der Waals surface area contributed by atoms with Crippen molar-refractivity contribution in [3.8, 4) is 0 Å². The largest absolute Gasteiger partial charge is 0.325 e. The Hall–Kier alpha value is -1.35. The summed E-state index contributed by atoms with van der Waals surface area (Å²) in [6.07, 6.45) is 4.46. The summed E-state index contributed by atoms with van der Waals surface area (Å²) in [6.45, 7) is 8.37. The number of aryl methyl sites for hydroxylation is 2. The Morgan fingerprint density at radius 1 is 1.25 bits per heavy atom. The van der Waals surface area contributed by atoms with Crippen LogP contribution in [0, 0.1) is 13.8 Å². The van der Waals surface area contributed by atoms with Crippen molar-refractivity contribution in [2.24, 2.45) is 0 Å². The molecule has 0 bridgehead atoms. The van der Waals surface area contributed by atoms with Crippen molar-refractivity contribution in [1.29, 1.82) is 0 Å². The van der Waals surface area contributed by atoms with Crippen LogP contribution in [0.3, 0.4) is 0 Å². The summed E-state index contributed by atoms with van der Waals surface area (Å²) in [6, 6.07) is 6.25. The number of hydrogen-bond acceptors (Lipinski definition) is 2. The maximum Gasteiger partial charge on any atom is 0.241 e. The first kappa shape index (κ1) is 15.0. The highest BCUT2D eigenvalue weighted by Gasteiger charge is 2.27. The van der Waals surface area contributed by atoms with Crippen molar-refractivity contribution in [2.45, 2.75) is 52.5 Å². The fourth-order valence-electron chi connectivity index (χ4n) is 3.12. The molecule has 1 amide bonds. The Balaban J connectivity index is 2.05. The highest BCUT2D eigenvalue weighted by Crippen LogP contribution is 2.20. The Labute approximate surface area is 122 Å². The molecule has 1 fully saturated rings. The van der Waals surface area contributed by atoms with E-state index in [1.54, 1.807) is 0 Å². The summed E-state index contributed by atoms with van der Waals surface area (Å²) in [4.78, 5) is 14.9. The highest BCUT2D eigenvalue weighted by molar-refractivity contribution is 5.95. The number of hydrogen-bond donors (Lipinski definition) is 1. The van der Waals surface area contributed by atoms with Crippen LogP contribution in [0.4, 0.5) is 5.69 Å². The zero-order valence-electron chi connectivity index (χ0n) is 12.9. The molecule has 1 aliphatic rings. The molecule has 0 spiro atoms. The maximum absolute atomic E-state index is 12.5. The van der Waals surface area contributed by atoms with E-state index >= 15 is 0 Å². The molecule has 1 N–H and O–H groups in total. The molecular formula is C17H26N2O. The lowest BCUT2D eigenvalue weighted by Gasteiger charge is -2.34. The first-order chi connectivity index (χ1) is 9.60. The minimum Gasteiger partial charge on any atom is -0.325 e. The molecule has 20 heavy (non-hydrogen) atoms. The number of amides is 1. The van der Waals surface area contributed by atoms with Crippen LogP contribution in [0.15, 0.2) is 18.2 Å². The van der Waals surface area contributed by atoms with Gasteiger partial charge in [-0.25, -0.2) is 0 Å². The Bertz CT molecular complexity index is 448. The maximum atomic E-state index is 12.5. The van der Waals surface area contributed by atoms with Crippen LogP contribution in [-0.2, 0) is 4.79 Å². The first-order valence-corrected chi connectivity index (χ1v) is 7.73. The number of nitrogens with one attached hydrogen (secondary N) is 1. The van der Waals surface area contributed by atoms with Gasteiger partial charge in [0.1, 0.15) is 0 Å². The van der Waals surface area contributed by atoms with Gasteiger partial charge in [0.2, 0.25) is 5.91 Å². The molecule has 1 aromatic carbocycles. The lowest BCUT2D eigenvalue weighted by atomic mass is 10.0. The van der Waals surface area contributed by atoms with Crippen molar-refractivity contribution in [3.05, 3.63) is 29.3 Å². The molecule has 110 valence electrons. The third-order valence-electron chi connectivity index (χ3n) is 3.92. The van der Waals surface area contributed by atoms with E-state index in [4.69, 9.17) is 0 Å². The number of carbonyl (C=O) groups excluding carboxylic acids is 1. The normalized spacial score (nSPS) is 19.9. The highest BCUT2D eigenvalue weighted by atomic mass is 16.2. The van der Waals surface area contributed by atoms with Crippen LogP contribution in [0.5, 0.6) is 0 Å². The summed E-state index contributed by atoms with van der Waals surface area (Å²) in [5.41, 5.74) is 3.30. The molecule has 3 nitrogen and oxygen atoms in total. The molecule has 0 radical (unpaired) electrons. The number of likely N-dealkylation sites (tertiary alicyclic amines) is 1. The Kier molecular flexibility index (Phi) is 5.18. The standard InChI is InChI=1S/C17H26N2O/c1-4-8-19-9-6-5-7-16(19)17(20)18-15-11-13(2)10-14(3)12-15/h10-12,16H,4-9H2,1-3H3,(H,18,20)/t16-/m0/s1. The van der Waals surface area contributed by atoms with Crippen LogP contribution in [0.25, 0.3) is 0 Å². The molecule has 3 heteroatoms. The Morgan fingerprint density at radius 3 is 2.60 bits per heavy atom. The van der Waals surface area contributed by atoms with Crippen LogP contribution in [-0.4, -0.2) is 29.9 Å². The molecule has 1 heterocycles. The third-order valence-corrected chi connectivity index (χ3v) is 3.92. The van der Waals surface area contributed by atoms with E-state index in [-0.39, 0.29) is 11.9 Å². The minimum atomic E-state index is 0.0459. The van der Waals surface area contributed by atoms with Gasteiger partial charge in [0.05, 0.1) is 6.04 Å². The quantitative estimate of drug-likeness (QED) is 0.911. The molecule has 1 saturated heterocycles. The van der Waals surface area contributed by atoms with Crippen LogP contribution in [0.2, 0.25) is 0 Å². The van der Waals surface area contributed by atoms with E-state index in [9.17, 15) is 4.79 Å². The zero-order chi connectivity index (χ0) is 14.5. The van der Waals surface area contributed by atoms with Gasteiger partial charge in [0.15, 0.2) is 0 Å². The molecule has 1 aromatic rings. The number of benzene rings is 1. The van der Waals surface area contributed by atoms with Gasteiger partial charge < -0.3 is 5.32 Å². The van der Waals surface area contributed by atoms with Gasteiger partial charge in [-0.1, -0.05) is 19.4 Å². The molecule has 0 aliphatic carbocycles. The van der Waals surface area contributed by atoms with Gasteiger partial charge in [-0.15, -0.1) is 0 Å². The van der Waals surface area contributed by atoms with Crippen molar-refractivity contribution in [2.75, 3.05) is 18.4 Å². The number of anilines is 1. The summed E-state index contributed by atoms with van der Waals surface area (Å²) in [5.74, 6) is 0.156. The molecule has 2 rings (SSSR count). The van der Waals surface area contributed by atoms with Crippen LogP contribution in [0.1, 0.15) is 43.7 Å². The second-order valence-electron chi connectivity index (χ2n) is 5.91. The lowest BCUT2D eigenvalue weighted by molar-refractivity contribution is -0.122. The monoisotopic (exact) mass is 274 g/mol. The second kappa shape index (κ2) is 6.89. The second-order valence-corrected chi connectivity index (χ2v) is 5.91. The fourth-order valence-corrected chi connectivity index (χ4v) is 3.12. The van der Waals surface area contributed by atoms with E-state index in [2.05, 4.69) is 37.1 Å². The van der Waals surface area contributed by atoms with E-state index in [0.29, 0.717) is 0 Å². The van der Waals surface area contributed by atoms with Gasteiger partial charge >= 0.3 is 0 Å². The van der Waals surface area contributed by atoms with E-state index < -0.39 is 0 Å². The van der Waals surface area contributed by atoms with E-state index in [0.717, 1.165) is 38.0 Å². The topological polar surface area (TPSA) is 32.3 Å². The predicted octanol–water partition coefficient (Wildman–Crippen LogP) is 3.51. The molecular weight excluding hydrogens is 248 g/mol. The first-order valence-electron chi connectivity index (χ1n) is 7.73. The van der Waals surface area contributed by atoms with E-state index in [1.807, 2.05) is 12.1 Å². The van der Waals surface area contributed by atoms with Crippen molar-refractivity contribution in [1.82, 2.24) is 4.90 Å². The SMILES string of the molecule is CCCN1CCCC[C@H]1C(=O)Nc1cc(C)cc(C)c1. The van der Waals surface area contributed by atoms with E-state index in [1.165, 1.54) is 17.5 Å². The number of carbonyl (C=O) groups is 1. The predicted molar refractivity (Wildman–Crippen MR) is 84.0 cm³/mol. The summed E-state index contributed by atoms with van der Waals surface area (Å²) in [7, 11) is 0. The lowest BCUT2D eigenvalue weighted by Crippen LogP contribution is -2.47. The molecule has 1 atom stereocenters. The molecule has 1 aliphatic heterocycles. The molecule has 0 aromatic heterocycles. The molecule has 0 saturated carbocycles. The van der Waals surface area contributed by atoms with Gasteiger partial charge in [-0.3, -0.25) is 9.69 Å². The van der Waals surface area contributed by atoms with Gasteiger partial charge in [0, 0.05) is 5.69 Å². The van der Waals surface area contributed by atoms with Crippen LogP contribution < -0.4 is 5.32 Å². The average molecular weight is 274 g/mol. The average Bonchev–Trinajstić information content (AvgIpc) is 2.38. The zero-order valence-corrected chi connectivity index (χ0v) is 12.9. The smallest absolute Gasteiger partial charge is 0.241 e. The van der Waals surface area contributed by atoms with Crippen molar-refractivity contribution < 1.29 is 4.79 Å². The van der Waals surface area contributed by atoms with Gasteiger partial charge in [0.25, 0.3) is 0 Å². The van der Waals surface area contributed by atoms with Gasteiger partial charge in [-0.2, -0.15) is 0 Å². The number of rotatable bonds is 4. The summed E-state index contributed by atoms with van der Waals surface area (Å²) in [5, 5.41) is 3.10. The molecule has 0 unspecified atom stereocenters. The third kappa shape index (κ3) is 3.83. The van der Waals surface area contributed by atoms with Crippen molar-refractivity contribution >= 4 is 11.6 Å². The number of nitrogens with zero attached hydrogens (tertiary/aromatic N) is 1. The van der Waals surface area contributed by atoms with Crippen molar-refractivity contribution in [3.63, 3.8) is 0 Å². The number of piperidine rings is 1. The minimum absolute atomic E-state index is 0.0459. The summed E-state index contributed by atoms with van der Waals surface area (Å²) < 4.78 is 0.